The van der Waals surface area contributed by atoms with E-state index < -0.39 is 25.1 Å². The zero-order valence-electron chi connectivity index (χ0n) is 15.6. The van der Waals surface area contributed by atoms with Crippen LogP contribution in [0.15, 0.2) is 42.5 Å². The monoisotopic (exact) mass is 425 g/mol. The van der Waals surface area contributed by atoms with Crippen LogP contribution in [0.5, 0.6) is 11.5 Å². The Labute approximate surface area is 171 Å². The van der Waals surface area contributed by atoms with E-state index in [-0.39, 0.29) is 11.5 Å². The molecule has 29 heavy (non-hydrogen) atoms. The molecule has 9 heteroatoms. The summed E-state index contributed by atoms with van der Waals surface area (Å²) in [4.78, 5) is 23.7. The maximum absolute atomic E-state index is 12.3. The van der Waals surface area contributed by atoms with Crippen LogP contribution in [0.2, 0.25) is 5.02 Å². The zero-order chi connectivity index (χ0) is 21.4. The number of methoxy groups -OCH3 is 1. The predicted octanol–water partition coefficient (Wildman–Crippen LogP) is 4.45. The lowest BCUT2D eigenvalue weighted by atomic mass is 10.2. The molecule has 6 nitrogen and oxygen atoms in total. The van der Waals surface area contributed by atoms with Crippen LogP contribution >= 0.6 is 11.6 Å². The summed E-state index contributed by atoms with van der Waals surface area (Å²) in [5.74, 6) is -1.32. The second-order valence-electron chi connectivity index (χ2n) is 5.69. The third kappa shape index (κ3) is 6.76. The van der Waals surface area contributed by atoms with Crippen molar-refractivity contribution in [1.29, 1.82) is 0 Å². The molecule has 0 saturated carbocycles. The molecule has 0 atom stereocenters. The van der Waals surface area contributed by atoms with Gasteiger partial charge in [0.25, 0.3) is 5.91 Å². The smallest absolute Gasteiger partial charge is 0.387 e. The second-order valence-corrected chi connectivity index (χ2v) is 6.10. The number of halogens is 3. The van der Waals surface area contributed by atoms with E-state index in [1.165, 1.54) is 31.4 Å². The standard InChI is InChI=1S/C20H18ClF2NO5/c1-12-14(21)4-3-5-15(12)24-18(25)11-28-19(26)9-7-13-6-8-16(29-20(22)23)17(10-13)27-2/h3-10,20H,11H2,1-2H3,(H,24,25)/b9-7+. The number of ether oxygens (including phenoxy) is 3. The number of alkyl halides is 2. The molecule has 2 rings (SSSR count). The first-order valence-corrected chi connectivity index (χ1v) is 8.70. The van der Waals surface area contributed by atoms with Gasteiger partial charge < -0.3 is 19.5 Å². The summed E-state index contributed by atoms with van der Waals surface area (Å²) in [7, 11) is 1.30. The molecule has 0 bridgehead atoms. The Morgan fingerprint density at radius 2 is 1.97 bits per heavy atom. The molecule has 0 aliphatic carbocycles. The van der Waals surface area contributed by atoms with Crippen LogP contribution in [0.25, 0.3) is 6.08 Å². The predicted molar refractivity (Wildman–Crippen MR) is 104 cm³/mol. The van der Waals surface area contributed by atoms with Crippen molar-refractivity contribution in [3.63, 3.8) is 0 Å². The van der Waals surface area contributed by atoms with Crippen LogP contribution in [0, 0.1) is 6.92 Å². The number of amides is 1. The van der Waals surface area contributed by atoms with Crippen molar-refractivity contribution in [2.75, 3.05) is 19.0 Å². The van der Waals surface area contributed by atoms with Gasteiger partial charge in [-0.05, 0) is 48.4 Å². The van der Waals surface area contributed by atoms with E-state index in [1.807, 2.05) is 0 Å². The Hall–Kier alpha value is -3.13. The Morgan fingerprint density at radius 1 is 1.21 bits per heavy atom. The lowest BCUT2D eigenvalue weighted by Crippen LogP contribution is -2.20. The fraction of sp³-hybridized carbons (Fsp3) is 0.200. The summed E-state index contributed by atoms with van der Waals surface area (Å²) >= 11 is 5.98. The van der Waals surface area contributed by atoms with E-state index in [4.69, 9.17) is 21.1 Å². The van der Waals surface area contributed by atoms with Gasteiger partial charge in [0.15, 0.2) is 18.1 Å². The van der Waals surface area contributed by atoms with Crippen molar-refractivity contribution in [3.05, 3.63) is 58.6 Å². The minimum atomic E-state index is -2.98. The Kier molecular flexibility index (Phi) is 7.97. The maximum Gasteiger partial charge on any atom is 0.387 e. The van der Waals surface area contributed by atoms with E-state index in [9.17, 15) is 18.4 Å². The zero-order valence-corrected chi connectivity index (χ0v) is 16.3. The Balaban J connectivity index is 1.90. The van der Waals surface area contributed by atoms with Crippen LogP contribution in [0.4, 0.5) is 14.5 Å². The van der Waals surface area contributed by atoms with E-state index in [0.29, 0.717) is 21.8 Å². The SMILES string of the molecule is COc1cc(/C=C/C(=O)OCC(=O)Nc2cccc(Cl)c2C)ccc1OC(F)F. The number of benzene rings is 2. The molecule has 0 spiro atoms. The summed E-state index contributed by atoms with van der Waals surface area (Å²) in [6.07, 6.45) is 2.48. The first-order valence-electron chi connectivity index (χ1n) is 8.32. The van der Waals surface area contributed by atoms with Gasteiger partial charge in [0, 0.05) is 16.8 Å². The van der Waals surface area contributed by atoms with Crippen molar-refractivity contribution in [2.24, 2.45) is 0 Å². The second kappa shape index (κ2) is 10.4. The molecular weight excluding hydrogens is 408 g/mol. The summed E-state index contributed by atoms with van der Waals surface area (Å²) in [5, 5.41) is 3.10. The topological polar surface area (TPSA) is 73.9 Å². The third-order valence-corrected chi connectivity index (χ3v) is 4.11. The molecule has 0 aliphatic heterocycles. The van der Waals surface area contributed by atoms with Gasteiger partial charge in [0.2, 0.25) is 0 Å². The molecule has 0 saturated heterocycles. The first-order chi connectivity index (χ1) is 13.8. The van der Waals surface area contributed by atoms with Crippen molar-refractivity contribution in [2.45, 2.75) is 13.5 Å². The molecular formula is C20H18ClF2NO5. The molecule has 2 aromatic rings. The van der Waals surface area contributed by atoms with Crippen molar-refractivity contribution >= 4 is 35.2 Å². The fourth-order valence-corrected chi connectivity index (χ4v) is 2.43. The highest BCUT2D eigenvalue weighted by molar-refractivity contribution is 6.31. The van der Waals surface area contributed by atoms with Gasteiger partial charge in [-0.2, -0.15) is 8.78 Å². The molecule has 0 radical (unpaired) electrons. The van der Waals surface area contributed by atoms with Crippen LogP contribution in [0.3, 0.4) is 0 Å². The van der Waals surface area contributed by atoms with E-state index in [0.717, 1.165) is 6.08 Å². The molecule has 1 amide bonds. The normalized spacial score (nSPS) is 10.8. The van der Waals surface area contributed by atoms with E-state index >= 15 is 0 Å². The average Bonchev–Trinajstić information content (AvgIpc) is 2.68. The highest BCUT2D eigenvalue weighted by atomic mass is 35.5. The molecule has 1 N–H and O–H groups in total. The highest BCUT2D eigenvalue weighted by Gasteiger charge is 2.11. The van der Waals surface area contributed by atoms with E-state index in [1.54, 1.807) is 25.1 Å². The molecule has 0 unspecified atom stereocenters. The van der Waals surface area contributed by atoms with Crippen LogP contribution in [-0.4, -0.2) is 32.2 Å². The number of nitrogens with one attached hydrogen (secondary N) is 1. The number of rotatable bonds is 8. The number of hydrogen-bond donors (Lipinski definition) is 1. The van der Waals surface area contributed by atoms with Gasteiger partial charge in [-0.25, -0.2) is 4.79 Å². The Morgan fingerprint density at radius 3 is 2.66 bits per heavy atom. The largest absolute Gasteiger partial charge is 0.493 e. The molecule has 0 heterocycles. The summed E-state index contributed by atoms with van der Waals surface area (Å²) in [6.45, 7) is -1.72. The quantitative estimate of drug-likeness (QED) is 0.499. The number of carbonyl (C=O) groups is 2. The summed E-state index contributed by atoms with van der Waals surface area (Å²) in [6, 6.07) is 9.21. The lowest BCUT2D eigenvalue weighted by Gasteiger charge is -2.10. The van der Waals surface area contributed by atoms with Gasteiger partial charge in [-0.15, -0.1) is 0 Å². The summed E-state index contributed by atoms with van der Waals surface area (Å²) < 4.78 is 38.8. The van der Waals surface area contributed by atoms with Crippen LogP contribution in [0.1, 0.15) is 11.1 Å². The molecule has 0 aromatic heterocycles. The minimum absolute atomic E-state index is 0.0806. The summed E-state index contributed by atoms with van der Waals surface area (Å²) in [5.41, 5.74) is 1.70. The minimum Gasteiger partial charge on any atom is -0.493 e. The molecule has 2 aromatic carbocycles. The number of hydrogen-bond acceptors (Lipinski definition) is 5. The molecule has 0 aliphatic rings. The Bertz CT molecular complexity index is 918. The number of esters is 1. The van der Waals surface area contributed by atoms with Crippen molar-refractivity contribution < 1.29 is 32.6 Å². The van der Waals surface area contributed by atoms with Gasteiger partial charge in [-0.1, -0.05) is 23.7 Å². The van der Waals surface area contributed by atoms with Crippen LogP contribution in [-0.2, 0) is 14.3 Å². The van der Waals surface area contributed by atoms with Gasteiger partial charge in [0.1, 0.15) is 0 Å². The third-order valence-electron chi connectivity index (χ3n) is 3.70. The molecule has 154 valence electrons. The number of carbonyl (C=O) groups excluding carboxylic acids is 2. The van der Waals surface area contributed by atoms with Gasteiger partial charge in [0.05, 0.1) is 7.11 Å². The van der Waals surface area contributed by atoms with Gasteiger partial charge >= 0.3 is 12.6 Å². The highest BCUT2D eigenvalue weighted by Crippen LogP contribution is 2.29. The first kappa shape index (κ1) is 22.2. The average molecular weight is 426 g/mol. The van der Waals surface area contributed by atoms with E-state index in [2.05, 4.69) is 10.1 Å². The lowest BCUT2D eigenvalue weighted by molar-refractivity contribution is -0.142. The number of anilines is 1. The molecule has 0 fully saturated rings. The fourth-order valence-electron chi connectivity index (χ4n) is 2.26. The maximum atomic E-state index is 12.3. The van der Waals surface area contributed by atoms with Crippen molar-refractivity contribution in [1.82, 2.24) is 0 Å². The van der Waals surface area contributed by atoms with Gasteiger partial charge in [-0.3, -0.25) is 4.79 Å². The van der Waals surface area contributed by atoms with Crippen LogP contribution < -0.4 is 14.8 Å². The van der Waals surface area contributed by atoms with Crippen molar-refractivity contribution in [3.8, 4) is 11.5 Å².